The van der Waals surface area contributed by atoms with Gasteiger partial charge in [-0.05, 0) is 31.9 Å². The zero-order chi connectivity index (χ0) is 14.8. The molecular weight excluding hydrogens is 276 g/mol. The first-order chi connectivity index (χ1) is 9.41. The number of carbonyl (C=O) groups excluding carboxylic acids is 1. The van der Waals surface area contributed by atoms with Crippen LogP contribution in [-0.2, 0) is 17.7 Å². The minimum Gasteiger partial charge on any atom is -0.443 e. The predicted octanol–water partition coefficient (Wildman–Crippen LogP) is 3.81. The third kappa shape index (κ3) is 3.63. The molecule has 0 unspecified atom stereocenters. The molecule has 1 amide bonds. The molecule has 1 aliphatic rings. The van der Waals surface area contributed by atoms with Crippen molar-refractivity contribution in [2.45, 2.75) is 52.2 Å². The van der Waals surface area contributed by atoms with Crippen LogP contribution in [0, 0.1) is 0 Å². The van der Waals surface area contributed by atoms with Crippen molar-refractivity contribution in [3.8, 4) is 0 Å². The smallest absolute Gasteiger partial charge is 0.410 e. The Morgan fingerprint density at radius 2 is 2.25 bits per heavy atom. The number of hydrogen-bond donors (Lipinski definition) is 0. The minimum atomic E-state index is -0.412. The number of carbonyl (C=O) groups is 1. The summed E-state index contributed by atoms with van der Waals surface area (Å²) in [4.78, 5) is 18.3. The van der Waals surface area contributed by atoms with E-state index in [4.69, 9.17) is 16.3 Å². The van der Waals surface area contributed by atoms with Crippen LogP contribution in [-0.4, -0.2) is 28.1 Å². The van der Waals surface area contributed by atoms with Crippen LogP contribution < -0.4 is 0 Å². The highest BCUT2D eigenvalue weighted by Crippen LogP contribution is 2.23. The van der Waals surface area contributed by atoms with E-state index >= 15 is 0 Å². The lowest BCUT2D eigenvalue weighted by molar-refractivity contribution is 0.00578. The maximum atomic E-state index is 12.2. The van der Waals surface area contributed by atoms with Crippen molar-refractivity contribution in [1.29, 1.82) is 0 Å². The number of ether oxygens (including phenoxy) is 1. The molecule has 20 heavy (non-hydrogen) atoms. The Labute approximate surface area is 125 Å². The Bertz CT molecular complexity index is 503. The zero-order valence-corrected chi connectivity index (χ0v) is 13.0. The van der Waals surface area contributed by atoms with Crippen LogP contribution in [0.25, 0.3) is 0 Å². The van der Waals surface area contributed by atoms with E-state index in [1.54, 1.807) is 11.0 Å². The molecule has 0 saturated carbocycles. The Morgan fingerprint density at radius 3 is 2.95 bits per heavy atom. The van der Waals surface area contributed by atoms with Crippen molar-refractivity contribution in [3.63, 3.8) is 0 Å². The summed E-state index contributed by atoms with van der Waals surface area (Å²) < 4.78 is 5.60. The summed E-state index contributed by atoms with van der Waals surface area (Å²) >= 11 is 5.88. The highest BCUT2D eigenvalue weighted by Gasteiger charge is 2.28. The van der Waals surface area contributed by atoms with E-state index in [0.29, 0.717) is 18.2 Å². The zero-order valence-electron chi connectivity index (χ0n) is 12.3. The predicted molar refractivity (Wildman–Crippen MR) is 78.8 cm³/mol. The van der Waals surface area contributed by atoms with Gasteiger partial charge in [-0.1, -0.05) is 31.0 Å². The molecule has 2 heterocycles. The molecule has 4 nitrogen and oxygen atoms in total. The molecule has 0 aliphatic carbocycles. The van der Waals surface area contributed by atoms with Crippen LogP contribution in [0.4, 0.5) is 4.79 Å². The number of amides is 1. The highest BCUT2D eigenvalue weighted by molar-refractivity contribution is 6.29. The van der Waals surface area contributed by atoms with Crippen molar-refractivity contribution >= 4 is 17.7 Å². The molecule has 5 heteroatoms. The second-order valence-corrected chi connectivity index (χ2v) is 6.18. The lowest BCUT2D eigenvalue weighted by Crippen LogP contribution is -2.41. The van der Waals surface area contributed by atoms with Crippen molar-refractivity contribution in [1.82, 2.24) is 9.88 Å². The molecule has 0 atom stereocenters. The van der Waals surface area contributed by atoms with Crippen molar-refractivity contribution < 1.29 is 9.53 Å². The summed E-state index contributed by atoms with van der Waals surface area (Å²) in [6.45, 7) is 7.16. The van der Waals surface area contributed by atoms with Gasteiger partial charge in [0.25, 0.3) is 0 Å². The van der Waals surface area contributed by atoms with Gasteiger partial charge >= 0.3 is 6.09 Å². The number of aromatic nitrogens is 1. The quantitative estimate of drug-likeness (QED) is 0.797. The second kappa shape index (κ2) is 6.00. The molecule has 0 saturated heterocycles. The normalized spacial score (nSPS) is 14.9. The number of hydrogen-bond acceptors (Lipinski definition) is 3. The van der Waals surface area contributed by atoms with E-state index < -0.39 is 5.60 Å². The first-order valence-corrected chi connectivity index (χ1v) is 7.41. The van der Waals surface area contributed by atoms with Gasteiger partial charge in [-0.3, -0.25) is 0 Å². The van der Waals surface area contributed by atoms with Gasteiger partial charge in [-0.25, -0.2) is 9.78 Å². The second-order valence-electron chi connectivity index (χ2n) is 5.79. The summed E-state index contributed by atoms with van der Waals surface area (Å²) in [6, 6.07) is 3.69. The lowest BCUT2D eigenvalue weighted by atomic mass is 10.0. The molecule has 0 spiro atoms. The molecule has 0 N–H and O–H groups in total. The average molecular weight is 297 g/mol. The first-order valence-electron chi connectivity index (χ1n) is 7.03. The fourth-order valence-corrected chi connectivity index (χ4v) is 2.66. The maximum Gasteiger partial charge on any atom is 0.410 e. The van der Waals surface area contributed by atoms with Crippen molar-refractivity contribution in [2.24, 2.45) is 0 Å². The first kappa shape index (κ1) is 15.1. The molecule has 1 aromatic heterocycles. The molecule has 110 valence electrons. The molecule has 1 aliphatic heterocycles. The molecule has 0 fully saturated rings. The Balaban J connectivity index is 2.02. The molecular formula is C15H21ClN2O2. The Hall–Kier alpha value is -1.29. The third-order valence-electron chi connectivity index (χ3n) is 3.49. The van der Waals surface area contributed by atoms with Crippen LogP contribution >= 0.6 is 11.6 Å². The van der Waals surface area contributed by atoms with Gasteiger partial charge < -0.3 is 9.64 Å². The van der Waals surface area contributed by atoms with E-state index in [1.807, 2.05) is 19.9 Å². The van der Waals surface area contributed by atoms with E-state index in [0.717, 1.165) is 30.5 Å². The average Bonchev–Trinajstić information content (AvgIpc) is 2.37. The van der Waals surface area contributed by atoms with E-state index in [2.05, 4.69) is 11.9 Å². The van der Waals surface area contributed by atoms with Gasteiger partial charge in [-0.2, -0.15) is 0 Å². The monoisotopic (exact) mass is 296 g/mol. The van der Waals surface area contributed by atoms with Crippen molar-refractivity contribution in [3.05, 3.63) is 28.5 Å². The maximum absolute atomic E-state index is 12.2. The summed E-state index contributed by atoms with van der Waals surface area (Å²) in [5, 5.41) is 0.504. The number of pyridine rings is 1. The third-order valence-corrected chi connectivity index (χ3v) is 3.70. The Kier molecular flexibility index (Phi) is 4.53. The number of rotatable bonds is 3. The van der Waals surface area contributed by atoms with Crippen LogP contribution in [0.15, 0.2) is 12.1 Å². The van der Waals surface area contributed by atoms with Crippen LogP contribution in [0.1, 0.15) is 44.9 Å². The number of nitrogens with zero attached hydrogens (tertiary/aromatic N) is 2. The summed E-state index contributed by atoms with van der Waals surface area (Å²) in [5.74, 6) is 0. The van der Waals surface area contributed by atoms with E-state index in [1.165, 1.54) is 0 Å². The number of halogens is 1. The largest absolute Gasteiger partial charge is 0.443 e. The summed E-state index contributed by atoms with van der Waals surface area (Å²) in [5.41, 5.74) is 1.62. The van der Waals surface area contributed by atoms with Crippen LogP contribution in [0.5, 0.6) is 0 Å². The van der Waals surface area contributed by atoms with Crippen molar-refractivity contribution in [2.75, 3.05) is 6.54 Å². The standard InChI is InChI=1S/C15H21ClN2O2/c1-4-8-15(2,3)20-14(19)18-9-7-12-11(10-18)5-6-13(16)17-12/h5-6H,4,7-10H2,1-3H3. The molecule has 1 aromatic rings. The van der Waals surface area contributed by atoms with E-state index in [9.17, 15) is 4.79 Å². The summed E-state index contributed by atoms with van der Waals surface area (Å²) in [6.07, 6.45) is 2.33. The van der Waals surface area contributed by atoms with Crippen LogP contribution in [0.3, 0.4) is 0 Å². The fourth-order valence-electron chi connectivity index (χ4n) is 2.50. The SMILES string of the molecule is CCCC(C)(C)OC(=O)N1CCc2nc(Cl)ccc2C1. The molecule has 2 rings (SSSR count). The van der Waals surface area contributed by atoms with E-state index in [-0.39, 0.29) is 6.09 Å². The summed E-state index contributed by atoms with van der Waals surface area (Å²) in [7, 11) is 0. The Morgan fingerprint density at radius 1 is 1.50 bits per heavy atom. The minimum absolute atomic E-state index is 0.246. The van der Waals surface area contributed by atoms with Gasteiger partial charge in [0.2, 0.25) is 0 Å². The van der Waals surface area contributed by atoms with Gasteiger partial charge in [0, 0.05) is 18.7 Å². The lowest BCUT2D eigenvalue weighted by Gasteiger charge is -2.32. The topological polar surface area (TPSA) is 42.4 Å². The molecule has 0 radical (unpaired) electrons. The van der Waals surface area contributed by atoms with Crippen LogP contribution in [0.2, 0.25) is 5.15 Å². The van der Waals surface area contributed by atoms with Gasteiger partial charge in [-0.15, -0.1) is 0 Å². The fraction of sp³-hybridized carbons (Fsp3) is 0.600. The number of fused-ring (bicyclic) bond motifs is 1. The highest BCUT2D eigenvalue weighted by atomic mass is 35.5. The molecule has 0 aromatic carbocycles. The van der Waals surface area contributed by atoms with Gasteiger partial charge in [0.05, 0.1) is 6.54 Å². The molecule has 0 bridgehead atoms. The van der Waals surface area contributed by atoms with Gasteiger partial charge in [0.15, 0.2) is 0 Å². The van der Waals surface area contributed by atoms with Gasteiger partial charge in [0.1, 0.15) is 10.8 Å².